The Hall–Kier alpha value is -4.00. The molecule has 5 rings (SSSR count). The summed E-state index contributed by atoms with van der Waals surface area (Å²) >= 11 is 0. The van der Waals surface area contributed by atoms with Crippen LogP contribution in [-0.4, -0.2) is 44.1 Å². The van der Waals surface area contributed by atoms with Gasteiger partial charge in [0.15, 0.2) is 0 Å². The van der Waals surface area contributed by atoms with Crippen LogP contribution in [0.5, 0.6) is 5.75 Å². The topological polar surface area (TPSA) is 73.1 Å². The zero-order valence-corrected chi connectivity index (χ0v) is 19.6. The van der Waals surface area contributed by atoms with Gasteiger partial charge in [0.05, 0.1) is 12.2 Å². The molecule has 1 aliphatic heterocycles. The predicted octanol–water partition coefficient (Wildman–Crippen LogP) is 4.80. The van der Waals surface area contributed by atoms with E-state index < -0.39 is 0 Å². The van der Waals surface area contributed by atoms with Gasteiger partial charge in [-0.3, -0.25) is 9.48 Å². The van der Waals surface area contributed by atoms with E-state index in [-0.39, 0.29) is 5.91 Å². The number of nitrogens with zero attached hydrogens (tertiary/aromatic N) is 5. The molecule has 1 aliphatic rings. The highest BCUT2D eigenvalue weighted by molar-refractivity contribution is 6.03. The van der Waals surface area contributed by atoms with E-state index in [9.17, 15) is 4.79 Å². The zero-order chi connectivity index (χ0) is 23.7. The number of hydrogen-bond donors (Lipinski definition) is 0. The molecule has 0 unspecified atom stereocenters. The molecular weight excluding hydrogens is 426 g/mol. The number of benzene rings is 2. The number of ether oxygens (including phenoxy) is 1. The summed E-state index contributed by atoms with van der Waals surface area (Å²) in [7, 11) is 1.82. The molecule has 0 bridgehead atoms. The van der Waals surface area contributed by atoms with Gasteiger partial charge in [-0.1, -0.05) is 50.2 Å². The normalized spacial score (nSPS) is 13.3. The third kappa shape index (κ3) is 4.17. The molecule has 0 fully saturated rings. The SMILES string of the molecule is CC(C)c1ccc(COc2ccc(-c3c(-c4ccncn4)nn4c3C(=O)N(C)CC4)cc2)cc1. The standard InChI is InChI=1S/C27H27N5O2/c1-18(2)20-6-4-19(5-7-20)16-34-22-10-8-21(9-11-22)24-25(23-12-13-28-17-29-23)30-32-15-14-31(3)27(33)26(24)32/h4-13,17-18H,14-16H2,1-3H3. The van der Waals surface area contributed by atoms with E-state index in [4.69, 9.17) is 9.84 Å². The van der Waals surface area contributed by atoms with Gasteiger partial charge in [-0.15, -0.1) is 0 Å². The van der Waals surface area contributed by atoms with Gasteiger partial charge in [0.25, 0.3) is 5.91 Å². The molecule has 0 saturated carbocycles. The molecule has 0 radical (unpaired) electrons. The van der Waals surface area contributed by atoms with Crippen molar-refractivity contribution in [3.05, 3.63) is 83.9 Å². The molecule has 0 saturated heterocycles. The maximum absolute atomic E-state index is 13.1. The maximum Gasteiger partial charge on any atom is 0.272 e. The van der Waals surface area contributed by atoms with E-state index in [1.807, 2.05) is 37.4 Å². The van der Waals surface area contributed by atoms with Crippen molar-refractivity contribution >= 4 is 5.91 Å². The van der Waals surface area contributed by atoms with Crippen molar-refractivity contribution in [2.45, 2.75) is 32.9 Å². The van der Waals surface area contributed by atoms with Gasteiger partial charge in [0.2, 0.25) is 0 Å². The van der Waals surface area contributed by atoms with Crippen LogP contribution in [0.1, 0.15) is 41.4 Å². The highest BCUT2D eigenvalue weighted by Crippen LogP contribution is 2.36. The second-order valence-corrected chi connectivity index (χ2v) is 8.83. The van der Waals surface area contributed by atoms with Crippen molar-refractivity contribution in [1.82, 2.24) is 24.6 Å². The third-order valence-corrected chi connectivity index (χ3v) is 6.17. The van der Waals surface area contributed by atoms with E-state index in [1.165, 1.54) is 11.9 Å². The lowest BCUT2D eigenvalue weighted by Gasteiger charge is -2.24. The fourth-order valence-electron chi connectivity index (χ4n) is 4.13. The lowest BCUT2D eigenvalue weighted by molar-refractivity contribution is 0.0744. The first kappa shape index (κ1) is 21.8. The summed E-state index contributed by atoms with van der Waals surface area (Å²) in [4.78, 5) is 23.2. The van der Waals surface area contributed by atoms with Crippen LogP contribution in [0.15, 0.2) is 67.1 Å². The van der Waals surface area contributed by atoms with Gasteiger partial charge in [0, 0.05) is 25.4 Å². The Bertz CT molecular complexity index is 1300. The monoisotopic (exact) mass is 453 g/mol. The van der Waals surface area contributed by atoms with E-state index in [1.54, 1.807) is 15.8 Å². The number of aromatic nitrogens is 4. The molecule has 0 atom stereocenters. The highest BCUT2D eigenvalue weighted by atomic mass is 16.5. The summed E-state index contributed by atoms with van der Waals surface area (Å²) in [5.74, 6) is 1.24. The van der Waals surface area contributed by atoms with Crippen molar-refractivity contribution in [3.63, 3.8) is 0 Å². The fourth-order valence-corrected chi connectivity index (χ4v) is 4.13. The van der Waals surface area contributed by atoms with Gasteiger partial charge >= 0.3 is 0 Å². The first-order valence-corrected chi connectivity index (χ1v) is 11.5. The van der Waals surface area contributed by atoms with Gasteiger partial charge in [0.1, 0.15) is 30.1 Å². The molecule has 7 nitrogen and oxygen atoms in total. The van der Waals surface area contributed by atoms with Gasteiger partial charge in [-0.05, 0) is 40.8 Å². The summed E-state index contributed by atoms with van der Waals surface area (Å²) in [6.45, 7) is 6.14. The average Bonchev–Trinajstić information content (AvgIpc) is 3.26. The van der Waals surface area contributed by atoms with Crippen molar-refractivity contribution in [1.29, 1.82) is 0 Å². The van der Waals surface area contributed by atoms with Gasteiger partial charge in [-0.2, -0.15) is 5.10 Å². The first-order chi connectivity index (χ1) is 16.5. The molecule has 4 aromatic rings. The van der Waals surface area contributed by atoms with E-state index in [0.717, 1.165) is 22.4 Å². The Morgan fingerprint density at radius 1 is 1.00 bits per heavy atom. The van der Waals surface area contributed by atoms with Crippen molar-refractivity contribution in [2.75, 3.05) is 13.6 Å². The van der Waals surface area contributed by atoms with Gasteiger partial charge < -0.3 is 9.64 Å². The summed E-state index contributed by atoms with van der Waals surface area (Å²) in [5.41, 5.74) is 6.07. The maximum atomic E-state index is 13.1. The summed E-state index contributed by atoms with van der Waals surface area (Å²) < 4.78 is 7.81. The Morgan fingerprint density at radius 2 is 1.76 bits per heavy atom. The fraction of sp³-hybridized carbons (Fsp3) is 0.259. The number of carbonyl (C=O) groups excluding carboxylic acids is 1. The molecule has 1 amide bonds. The summed E-state index contributed by atoms with van der Waals surface area (Å²) in [6, 6.07) is 18.2. The molecule has 34 heavy (non-hydrogen) atoms. The van der Waals surface area contributed by atoms with E-state index in [2.05, 4.69) is 48.1 Å². The predicted molar refractivity (Wildman–Crippen MR) is 131 cm³/mol. The van der Waals surface area contributed by atoms with Crippen LogP contribution < -0.4 is 4.74 Å². The summed E-state index contributed by atoms with van der Waals surface area (Å²) in [5, 5.41) is 4.75. The van der Waals surface area contributed by atoms with Crippen molar-refractivity contribution < 1.29 is 9.53 Å². The summed E-state index contributed by atoms with van der Waals surface area (Å²) in [6.07, 6.45) is 3.18. The van der Waals surface area contributed by atoms with Crippen molar-refractivity contribution in [3.8, 4) is 28.3 Å². The lowest BCUT2D eigenvalue weighted by atomic mass is 10.00. The van der Waals surface area contributed by atoms with Crippen LogP contribution in [-0.2, 0) is 13.2 Å². The van der Waals surface area contributed by atoms with Crippen LogP contribution >= 0.6 is 0 Å². The van der Waals surface area contributed by atoms with Crippen molar-refractivity contribution in [2.24, 2.45) is 0 Å². The lowest BCUT2D eigenvalue weighted by Crippen LogP contribution is -2.37. The van der Waals surface area contributed by atoms with Crippen LogP contribution in [0.2, 0.25) is 0 Å². The average molecular weight is 454 g/mol. The number of rotatable bonds is 6. The number of fused-ring (bicyclic) bond motifs is 1. The third-order valence-electron chi connectivity index (χ3n) is 6.17. The molecule has 0 N–H and O–H groups in total. The number of carbonyl (C=O) groups is 1. The Kier molecular flexibility index (Phi) is 5.84. The van der Waals surface area contributed by atoms with E-state index >= 15 is 0 Å². The van der Waals surface area contributed by atoms with Crippen LogP contribution in [0, 0.1) is 0 Å². The minimum absolute atomic E-state index is 0.0424. The molecule has 0 aliphatic carbocycles. The second kappa shape index (κ2) is 9.09. The van der Waals surface area contributed by atoms with E-state index in [0.29, 0.717) is 42.7 Å². The number of hydrogen-bond acceptors (Lipinski definition) is 5. The zero-order valence-electron chi connectivity index (χ0n) is 19.6. The molecule has 3 heterocycles. The van der Waals surface area contributed by atoms with Crippen LogP contribution in [0.3, 0.4) is 0 Å². The smallest absolute Gasteiger partial charge is 0.272 e. The molecule has 2 aromatic carbocycles. The quantitative estimate of drug-likeness (QED) is 0.420. The minimum atomic E-state index is -0.0424. The molecular formula is C27H27N5O2. The Labute approximate surface area is 199 Å². The Morgan fingerprint density at radius 3 is 2.44 bits per heavy atom. The molecule has 0 spiro atoms. The molecule has 172 valence electrons. The molecule has 7 heteroatoms. The largest absolute Gasteiger partial charge is 0.489 e. The first-order valence-electron chi connectivity index (χ1n) is 11.5. The Balaban J connectivity index is 1.43. The molecule has 2 aromatic heterocycles. The highest BCUT2D eigenvalue weighted by Gasteiger charge is 2.31. The van der Waals surface area contributed by atoms with Crippen LogP contribution in [0.25, 0.3) is 22.5 Å². The number of amides is 1. The van der Waals surface area contributed by atoms with Crippen LogP contribution in [0.4, 0.5) is 0 Å². The van der Waals surface area contributed by atoms with Gasteiger partial charge in [-0.25, -0.2) is 9.97 Å². The minimum Gasteiger partial charge on any atom is -0.489 e. The second-order valence-electron chi connectivity index (χ2n) is 8.83. The number of likely N-dealkylation sites (N-methyl/N-ethyl adjacent to an activating group) is 1.